The molecule has 0 spiro atoms. The Morgan fingerprint density at radius 3 is 1.41 bits per heavy atom. The molecule has 10 rings (SSSR count). The molecule has 4 nitrogen and oxygen atoms in total. The fourth-order valence-corrected chi connectivity index (χ4v) is 6.89. The van der Waals surface area contributed by atoms with E-state index in [1.807, 2.05) is 18.2 Å². The molecule has 8 aromatic carbocycles. The predicted octanol–water partition coefficient (Wildman–Crippen LogP) is 11.9. The molecule has 0 atom stereocenters. The second kappa shape index (κ2) is 11.0. The number of hydrogen-bond donors (Lipinski definition) is 0. The zero-order valence-corrected chi connectivity index (χ0v) is 26.3. The summed E-state index contributed by atoms with van der Waals surface area (Å²) in [4.78, 5) is 15.3. The van der Waals surface area contributed by atoms with Gasteiger partial charge in [0.05, 0.1) is 0 Å². The van der Waals surface area contributed by atoms with Crippen LogP contribution in [-0.2, 0) is 0 Å². The molecular weight excluding hydrogens is 599 g/mol. The van der Waals surface area contributed by atoms with Crippen molar-refractivity contribution < 1.29 is 4.42 Å². The molecule has 0 fully saturated rings. The van der Waals surface area contributed by atoms with Gasteiger partial charge in [-0.1, -0.05) is 115 Å². The first kappa shape index (κ1) is 27.5. The Kier molecular flexibility index (Phi) is 6.15. The maximum absolute atomic E-state index is 6.30. The van der Waals surface area contributed by atoms with Crippen LogP contribution in [0.5, 0.6) is 0 Å². The average Bonchev–Trinajstić information content (AvgIpc) is 3.53. The highest BCUT2D eigenvalue weighted by molar-refractivity contribution is 6.11. The topological polar surface area (TPSA) is 51.8 Å². The largest absolute Gasteiger partial charge is 0.456 e. The van der Waals surface area contributed by atoms with Crippen molar-refractivity contribution in [2.45, 2.75) is 0 Å². The van der Waals surface area contributed by atoms with E-state index in [0.717, 1.165) is 54.8 Å². The lowest BCUT2D eigenvalue weighted by Crippen LogP contribution is -2.00. The van der Waals surface area contributed by atoms with E-state index in [9.17, 15) is 0 Å². The first-order valence-corrected chi connectivity index (χ1v) is 16.4. The fraction of sp³-hybridized carbons (Fsp3) is 0. The molecule has 2 aromatic heterocycles. The summed E-state index contributed by atoms with van der Waals surface area (Å²) in [5.74, 6) is 1.88. The number of benzene rings is 8. The van der Waals surface area contributed by atoms with Gasteiger partial charge in [-0.2, -0.15) is 0 Å². The van der Waals surface area contributed by atoms with Gasteiger partial charge >= 0.3 is 0 Å². The molecule has 0 unspecified atom stereocenters. The third-order valence-corrected chi connectivity index (χ3v) is 9.44. The van der Waals surface area contributed by atoms with Crippen LogP contribution in [0, 0.1) is 0 Å². The van der Waals surface area contributed by atoms with Crippen LogP contribution in [0.3, 0.4) is 0 Å². The summed E-state index contributed by atoms with van der Waals surface area (Å²) < 4.78 is 6.30. The summed E-state index contributed by atoms with van der Waals surface area (Å²) in [6, 6.07) is 57.1. The molecular formula is C45H27N3O. The number of furan rings is 1. The van der Waals surface area contributed by atoms with E-state index in [-0.39, 0.29) is 0 Å². The molecule has 10 aromatic rings. The SMILES string of the molecule is c1ccc(-c2ccc3cc(-c4nc(-c5ccc6ccccc6c5)nc(-c5ccc6oc7cc8ccccc8cc7c6c5)n4)ccc3c2)cc1. The monoisotopic (exact) mass is 625 g/mol. The van der Waals surface area contributed by atoms with Gasteiger partial charge in [0.25, 0.3) is 0 Å². The van der Waals surface area contributed by atoms with Gasteiger partial charge in [0.1, 0.15) is 11.2 Å². The van der Waals surface area contributed by atoms with Gasteiger partial charge in [-0.15, -0.1) is 0 Å². The van der Waals surface area contributed by atoms with Crippen LogP contribution in [0.25, 0.3) is 99.5 Å². The first-order valence-electron chi connectivity index (χ1n) is 16.4. The molecule has 4 heteroatoms. The van der Waals surface area contributed by atoms with Gasteiger partial charge in [-0.25, -0.2) is 15.0 Å². The van der Waals surface area contributed by atoms with Gasteiger partial charge in [-0.05, 0) is 92.0 Å². The molecule has 0 aliphatic carbocycles. The third kappa shape index (κ3) is 4.81. The molecule has 2 heterocycles. The lowest BCUT2D eigenvalue weighted by Gasteiger charge is -2.10. The molecule has 0 bridgehead atoms. The van der Waals surface area contributed by atoms with E-state index < -0.39 is 0 Å². The minimum absolute atomic E-state index is 0.615. The molecule has 0 radical (unpaired) electrons. The van der Waals surface area contributed by atoms with Crippen LogP contribution in [-0.4, -0.2) is 15.0 Å². The van der Waals surface area contributed by atoms with Crippen molar-refractivity contribution in [1.82, 2.24) is 15.0 Å². The number of rotatable bonds is 4. The van der Waals surface area contributed by atoms with Crippen molar-refractivity contribution in [1.29, 1.82) is 0 Å². The van der Waals surface area contributed by atoms with Gasteiger partial charge in [0, 0.05) is 27.5 Å². The highest BCUT2D eigenvalue weighted by Gasteiger charge is 2.16. The molecule has 0 saturated heterocycles. The second-order valence-corrected chi connectivity index (χ2v) is 12.5. The summed E-state index contributed by atoms with van der Waals surface area (Å²) in [6.45, 7) is 0. The molecule has 0 amide bonds. The lowest BCUT2D eigenvalue weighted by molar-refractivity contribution is 0.669. The Balaban J connectivity index is 1.14. The number of fused-ring (bicyclic) bond motifs is 6. The van der Waals surface area contributed by atoms with Gasteiger partial charge in [-0.3, -0.25) is 0 Å². The zero-order chi connectivity index (χ0) is 32.3. The summed E-state index contributed by atoms with van der Waals surface area (Å²) in [6.07, 6.45) is 0. The Labute approximate surface area is 282 Å². The van der Waals surface area contributed by atoms with E-state index in [1.54, 1.807) is 0 Å². The molecule has 0 N–H and O–H groups in total. The van der Waals surface area contributed by atoms with Crippen molar-refractivity contribution in [2.75, 3.05) is 0 Å². The second-order valence-electron chi connectivity index (χ2n) is 12.5. The van der Waals surface area contributed by atoms with Crippen molar-refractivity contribution in [3.8, 4) is 45.3 Å². The van der Waals surface area contributed by atoms with Gasteiger partial charge in [0.2, 0.25) is 0 Å². The number of hydrogen-bond acceptors (Lipinski definition) is 4. The summed E-state index contributed by atoms with van der Waals surface area (Å²) >= 11 is 0. The van der Waals surface area contributed by atoms with Gasteiger partial charge < -0.3 is 4.42 Å². The Morgan fingerprint density at radius 2 is 0.735 bits per heavy atom. The predicted molar refractivity (Wildman–Crippen MR) is 201 cm³/mol. The van der Waals surface area contributed by atoms with Crippen molar-refractivity contribution >= 4 is 54.3 Å². The van der Waals surface area contributed by atoms with E-state index in [4.69, 9.17) is 19.4 Å². The van der Waals surface area contributed by atoms with Gasteiger partial charge in [0.15, 0.2) is 17.5 Å². The standard InChI is InChI=1S/C45H27N3O/c1-2-8-28(9-3-1)33-15-16-35-24-37(19-17-34(35)22-33)44-46-43(36-18-14-29-10-4-5-11-30(29)23-36)47-45(48-44)38-20-21-41-39(26-38)40-25-31-12-6-7-13-32(31)27-42(40)49-41/h1-27H. The molecule has 228 valence electrons. The zero-order valence-electron chi connectivity index (χ0n) is 26.3. The van der Waals surface area contributed by atoms with Crippen LogP contribution in [0.1, 0.15) is 0 Å². The fourth-order valence-electron chi connectivity index (χ4n) is 6.89. The summed E-state index contributed by atoms with van der Waals surface area (Å²) in [5.41, 5.74) is 6.88. The minimum atomic E-state index is 0.615. The third-order valence-electron chi connectivity index (χ3n) is 9.44. The average molecular weight is 626 g/mol. The van der Waals surface area contributed by atoms with Crippen molar-refractivity contribution in [3.63, 3.8) is 0 Å². The Hall–Kier alpha value is -6.65. The van der Waals surface area contributed by atoms with Crippen molar-refractivity contribution in [2.24, 2.45) is 0 Å². The first-order chi connectivity index (χ1) is 24.2. The van der Waals surface area contributed by atoms with Crippen molar-refractivity contribution in [3.05, 3.63) is 164 Å². The number of aromatic nitrogens is 3. The summed E-state index contributed by atoms with van der Waals surface area (Å²) in [7, 11) is 0. The quantitative estimate of drug-likeness (QED) is 0.195. The van der Waals surface area contributed by atoms with E-state index in [0.29, 0.717) is 17.5 Å². The van der Waals surface area contributed by atoms with E-state index in [2.05, 4.69) is 146 Å². The Bertz CT molecular complexity index is 2890. The van der Waals surface area contributed by atoms with Crippen LogP contribution in [0.2, 0.25) is 0 Å². The summed E-state index contributed by atoms with van der Waals surface area (Å²) in [5, 5.41) is 9.05. The van der Waals surface area contributed by atoms with Crippen LogP contribution >= 0.6 is 0 Å². The maximum atomic E-state index is 6.30. The molecule has 0 aliphatic heterocycles. The molecule has 49 heavy (non-hydrogen) atoms. The van der Waals surface area contributed by atoms with E-state index >= 15 is 0 Å². The molecule has 0 aliphatic rings. The van der Waals surface area contributed by atoms with Crippen LogP contribution < -0.4 is 0 Å². The number of nitrogens with zero attached hydrogens (tertiary/aromatic N) is 3. The lowest BCUT2D eigenvalue weighted by atomic mass is 10.00. The normalized spacial score (nSPS) is 11.7. The highest BCUT2D eigenvalue weighted by atomic mass is 16.3. The maximum Gasteiger partial charge on any atom is 0.164 e. The highest BCUT2D eigenvalue weighted by Crippen LogP contribution is 2.36. The smallest absolute Gasteiger partial charge is 0.164 e. The minimum Gasteiger partial charge on any atom is -0.456 e. The molecule has 0 saturated carbocycles. The van der Waals surface area contributed by atoms with E-state index in [1.165, 1.54) is 27.3 Å². The Morgan fingerprint density at radius 1 is 0.286 bits per heavy atom. The van der Waals surface area contributed by atoms with Crippen LogP contribution in [0.4, 0.5) is 0 Å². The van der Waals surface area contributed by atoms with Crippen LogP contribution in [0.15, 0.2) is 168 Å².